The number of piperidine rings is 1. The van der Waals surface area contributed by atoms with Gasteiger partial charge in [0.05, 0.1) is 0 Å². The standard InChI is InChI=1S/C20H24N2O/c1-15-6-7-16(2)19(14-15)20(23)21-17-8-10-18(11-9-17)22-12-4-3-5-13-22/h6-11,14H,3-5,12-13H2,1-2H3,(H,21,23). The Kier molecular flexibility index (Phi) is 4.65. The molecule has 0 unspecified atom stereocenters. The average molecular weight is 308 g/mol. The molecule has 0 spiro atoms. The highest BCUT2D eigenvalue weighted by atomic mass is 16.1. The van der Waals surface area contributed by atoms with Crippen LogP contribution in [0.1, 0.15) is 40.7 Å². The van der Waals surface area contributed by atoms with Gasteiger partial charge in [0.15, 0.2) is 0 Å². The lowest BCUT2D eigenvalue weighted by molar-refractivity contribution is 0.102. The number of carbonyl (C=O) groups excluding carboxylic acids is 1. The molecule has 0 saturated carbocycles. The maximum atomic E-state index is 12.5. The molecule has 120 valence electrons. The number of anilines is 2. The van der Waals surface area contributed by atoms with Crippen LogP contribution < -0.4 is 10.2 Å². The molecule has 0 atom stereocenters. The summed E-state index contributed by atoms with van der Waals surface area (Å²) in [6.07, 6.45) is 3.87. The number of carbonyl (C=O) groups is 1. The van der Waals surface area contributed by atoms with Crippen LogP contribution in [0.2, 0.25) is 0 Å². The SMILES string of the molecule is Cc1ccc(C)c(C(=O)Nc2ccc(N3CCCCC3)cc2)c1. The molecule has 0 radical (unpaired) electrons. The number of amides is 1. The van der Waals surface area contributed by atoms with Gasteiger partial charge >= 0.3 is 0 Å². The Morgan fingerprint density at radius 1 is 0.957 bits per heavy atom. The van der Waals surface area contributed by atoms with E-state index in [1.807, 2.05) is 44.2 Å². The Hall–Kier alpha value is -2.29. The van der Waals surface area contributed by atoms with Crippen molar-refractivity contribution in [3.63, 3.8) is 0 Å². The highest BCUT2D eigenvalue weighted by Crippen LogP contribution is 2.22. The zero-order chi connectivity index (χ0) is 16.2. The molecule has 1 heterocycles. The van der Waals surface area contributed by atoms with Crippen LogP contribution in [0, 0.1) is 13.8 Å². The largest absolute Gasteiger partial charge is 0.372 e. The van der Waals surface area contributed by atoms with Crippen LogP contribution in [0.4, 0.5) is 11.4 Å². The molecule has 0 bridgehead atoms. The number of hydrogen-bond donors (Lipinski definition) is 1. The Labute approximate surface area is 138 Å². The van der Waals surface area contributed by atoms with E-state index in [2.05, 4.69) is 22.3 Å². The van der Waals surface area contributed by atoms with Gasteiger partial charge in [0.2, 0.25) is 0 Å². The van der Waals surface area contributed by atoms with Crippen LogP contribution in [-0.4, -0.2) is 19.0 Å². The first-order valence-corrected chi connectivity index (χ1v) is 8.37. The second kappa shape index (κ2) is 6.86. The molecular weight excluding hydrogens is 284 g/mol. The lowest BCUT2D eigenvalue weighted by atomic mass is 10.0. The van der Waals surface area contributed by atoms with Gasteiger partial charge in [-0.05, 0) is 69.0 Å². The van der Waals surface area contributed by atoms with Crippen molar-refractivity contribution in [2.45, 2.75) is 33.1 Å². The second-order valence-electron chi connectivity index (χ2n) is 6.37. The third-order valence-corrected chi connectivity index (χ3v) is 4.48. The van der Waals surface area contributed by atoms with Crippen molar-refractivity contribution >= 4 is 17.3 Å². The van der Waals surface area contributed by atoms with Gasteiger partial charge in [-0.1, -0.05) is 17.7 Å². The second-order valence-corrected chi connectivity index (χ2v) is 6.37. The van der Waals surface area contributed by atoms with Gasteiger partial charge in [-0.3, -0.25) is 4.79 Å². The van der Waals surface area contributed by atoms with Gasteiger partial charge in [-0.15, -0.1) is 0 Å². The van der Waals surface area contributed by atoms with Gasteiger partial charge in [0.25, 0.3) is 5.91 Å². The summed E-state index contributed by atoms with van der Waals surface area (Å²) in [5.74, 6) is -0.0445. The summed E-state index contributed by atoms with van der Waals surface area (Å²) in [5.41, 5.74) is 4.93. The maximum absolute atomic E-state index is 12.5. The van der Waals surface area contributed by atoms with Crippen molar-refractivity contribution in [1.82, 2.24) is 0 Å². The number of rotatable bonds is 3. The van der Waals surface area contributed by atoms with Crippen LogP contribution in [0.3, 0.4) is 0 Å². The molecule has 23 heavy (non-hydrogen) atoms. The smallest absolute Gasteiger partial charge is 0.255 e. The maximum Gasteiger partial charge on any atom is 0.255 e. The fourth-order valence-corrected chi connectivity index (χ4v) is 3.09. The molecule has 3 rings (SSSR count). The molecule has 1 N–H and O–H groups in total. The quantitative estimate of drug-likeness (QED) is 0.902. The third kappa shape index (κ3) is 3.73. The van der Waals surface area contributed by atoms with Gasteiger partial charge in [0.1, 0.15) is 0 Å². The van der Waals surface area contributed by atoms with E-state index in [0.29, 0.717) is 0 Å². The lowest BCUT2D eigenvalue weighted by Crippen LogP contribution is -2.29. The van der Waals surface area contributed by atoms with E-state index in [1.54, 1.807) is 0 Å². The van der Waals surface area contributed by atoms with Crippen molar-refractivity contribution < 1.29 is 4.79 Å². The predicted molar refractivity (Wildman–Crippen MR) is 96.4 cm³/mol. The van der Waals surface area contributed by atoms with Crippen LogP contribution >= 0.6 is 0 Å². The van der Waals surface area contributed by atoms with Crippen LogP contribution in [0.5, 0.6) is 0 Å². The molecule has 0 aliphatic carbocycles. The number of nitrogens with zero attached hydrogens (tertiary/aromatic N) is 1. The minimum Gasteiger partial charge on any atom is -0.372 e. The zero-order valence-corrected chi connectivity index (χ0v) is 13.9. The highest BCUT2D eigenvalue weighted by Gasteiger charge is 2.12. The number of benzene rings is 2. The zero-order valence-electron chi connectivity index (χ0n) is 13.9. The summed E-state index contributed by atoms with van der Waals surface area (Å²) in [6, 6.07) is 14.1. The first-order valence-electron chi connectivity index (χ1n) is 8.37. The van der Waals surface area contributed by atoms with Crippen LogP contribution in [0.15, 0.2) is 42.5 Å². The highest BCUT2D eigenvalue weighted by molar-refractivity contribution is 6.05. The monoisotopic (exact) mass is 308 g/mol. The summed E-state index contributed by atoms with van der Waals surface area (Å²) in [6.45, 7) is 6.24. The Balaban J connectivity index is 1.70. The average Bonchev–Trinajstić information content (AvgIpc) is 2.58. The molecule has 0 aromatic heterocycles. The van der Waals surface area contributed by atoms with Crippen LogP contribution in [0.25, 0.3) is 0 Å². The number of hydrogen-bond acceptors (Lipinski definition) is 2. The molecule has 3 heteroatoms. The van der Waals surface area contributed by atoms with Crippen molar-refractivity contribution in [3.8, 4) is 0 Å². The van der Waals surface area contributed by atoms with Gasteiger partial charge < -0.3 is 10.2 Å². The fraction of sp³-hybridized carbons (Fsp3) is 0.350. The van der Waals surface area contributed by atoms with E-state index >= 15 is 0 Å². The third-order valence-electron chi connectivity index (χ3n) is 4.48. The minimum atomic E-state index is -0.0445. The molecule has 1 aliphatic rings. The normalized spacial score (nSPS) is 14.6. The van der Waals surface area contributed by atoms with Gasteiger partial charge in [-0.25, -0.2) is 0 Å². The van der Waals surface area contributed by atoms with Crippen LogP contribution in [-0.2, 0) is 0 Å². The Bertz CT molecular complexity index is 685. The molecule has 1 aliphatic heterocycles. The summed E-state index contributed by atoms with van der Waals surface area (Å²) < 4.78 is 0. The number of nitrogens with one attached hydrogen (secondary N) is 1. The molecule has 2 aromatic carbocycles. The Morgan fingerprint density at radius 3 is 2.35 bits per heavy atom. The van der Waals surface area contributed by atoms with Crippen molar-refractivity contribution in [2.75, 3.05) is 23.3 Å². The van der Waals surface area contributed by atoms with Gasteiger partial charge in [0, 0.05) is 30.0 Å². The molecule has 2 aromatic rings. The fourth-order valence-electron chi connectivity index (χ4n) is 3.09. The number of aryl methyl sites for hydroxylation is 2. The van der Waals surface area contributed by atoms with E-state index < -0.39 is 0 Å². The van der Waals surface area contributed by atoms with Crippen molar-refractivity contribution in [1.29, 1.82) is 0 Å². The first kappa shape index (κ1) is 15.6. The molecular formula is C20H24N2O. The van der Waals surface area contributed by atoms with E-state index in [1.165, 1.54) is 24.9 Å². The molecule has 1 saturated heterocycles. The molecule has 1 fully saturated rings. The minimum absolute atomic E-state index is 0.0445. The lowest BCUT2D eigenvalue weighted by Gasteiger charge is -2.28. The summed E-state index contributed by atoms with van der Waals surface area (Å²) in [5, 5.41) is 3.00. The predicted octanol–water partition coefficient (Wildman–Crippen LogP) is 4.55. The van der Waals surface area contributed by atoms with E-state index in [0.717, 1.165) is 35.5 Å². The molecule has 1 amide bonds. The molecule has 3 nitrogen and oxygen atoms in total. The van der Waals surface area contributed by atoms with E-state index in [9.17, 15) is 4.79 Å². The van der Waals surface area contributed by atoms with Gasteiger partial charge in [-0.2, -0.15) is 0 Å². The summed E-state index contributed by atoms with van der Waals surface area (Å²) >= 11 is 0. The summed E-state index contributed by atoms with van der Waals surface area (Å²) in [4.78, 5) is 14.9. The van der Waals surface area contributed by atoms with E-state index in [4.69, 9.17) is 0 Å². The van der Waals surface area contributed by atoms with Crippen molar-refractivity contribution in [2.24, 2.45) is 0 Å². The van der Waals surface area contributed by atoms with E-state index in [-0.39, 0.29) is 5.91 Å². The first-order chi connectivity index (χ1) is 11.1. The van der Waals surface area contributed by atoms with Crippen molar-refractivity contribution in [3.05, 3.63) is 59.2 Å². The topological polar surface area (TPSA) is 32.3 Å². The Morgan fingerprint density at radius 2 is 1.65 bits per heavy atom. The summed E-state index contributed by atoms with van der Waals surface area (Å²) in [7, 11) is 0.